The second-order valence-electron chi connectivity index (χ2n) is 4.25. The van der Waals surface area contributed by atoms with Gasteiger partial charge in [0.15, 0.2) is 0 Å². The Labute approximate surface area is 111 Å². The highest BCUT2D eigenvalue weighted by Crippen LogP contribution is 2.12. The molecule has 0 atom stereocenters. The first-order chi connectivity index (χ1) is 9.04. The molecule has 0 unspecified atom stereocenters. The van der Waals surface area contributed by atoms with Crippen LogP contribution >= 0.6 is 0 Å². The summed E-state index contributed by atoms with van der Waals surface area (Å²) in [6.07, 6.45) is 0.136. The van der Waals surface area contributed by atoms with Crippen LogP contribution in [-0.4, -0.2) is 25.2 Å². The Morgan fingerprint density at radius 2 is 2.16 bits per heavy atom. The summed E-state index contributed by atoms with van der Waals surface area (Å²) in [5.74, 6) is 4.13. The number of ether oxygens (including phenoxy) is 2. The summed E-state index contributed by atoms with van der Waals surface area (Å²) in [6, 6.07) is 4.00. The van der Waals surface area contributed by atoms with Crippen LogP contribution in [-0.2, 0) is 16.1 Å². The van der Waals surface area contributed by atoms with Crippen molar-refractivity contribution < 1.29 is 18.7 Å². The lowest BCUT2D eigenvalue weighted by atomic mass is 10.1. The summed E-state index contributed by atoms with van der Waals surface area (Å²) in [5, 5.41) is 0. The maximum Gasteiger partial charge on any atom is 0.265 e. The number of hydrogen-bond acceptors (Lipinski definition) is 4. The number of nitrogens with one attached hydrogen (secondary N) is 1. The molecular formula is C13H19FN2O3. The van der Waals surface area contributed by atoms with Gasteiger partial charge < -0.3 is 9.47 Å². The SMILES string of the molecule is CC(C)OCCOCc1cc(C(=O)NN)ccc1F. The van der Waals surface area contributed by atoms with Crippen molar-refractivity contribution in [1.29, 1.82) is 0 Å². The van der Waals surface area contributed by atoms with Crippen LogP contribution < -0.4 is 11.3 Å². The number of carbonyl (C=O) groups excluding carboxylic acids is 1. The zero-order valence-electron chi connectivity index (χ0n) is 11.1. The third-order valence-electron chi connectivity index (χ3n) is 2.38. The van der Waals surface area contributed by atoms with E-state index in [9.17, 15) is 9.18 Å². The number of hydrogen-bond donors (Lipinski definition) is 2. The summed E-state index contributed by atoms with van der Waals surface area (Å²) in [7, 11) is 0. The number of halogens is 1. The number of benzene rings is 1. The van der Waals surface area contributed by atoms with Gasteiger partial charge in [0.1, 0.15) is 5.82 Å². The van der Waals surface area contributed by atoms with Gasteiger partial charge >= 0.3 is 0 Å². The molecule has 5 nitrogen and oxygen atoms in total. The maximum absolute atomic E-state index is 13.5. The molecule has 0 spiro atoms. The lowest BCUT2D eigenvalue weighted by Crippen LogP contribution is -2.30. The summed E-state index contributed by atoms with van der Waals surface area (Å²) in [4.78, 5) is 11.3. The number of hydrazine groups is 1. The number of amides is 1. The van der Waals surface area contributed by atoms with Gasteiger partial charge in [0.25, 0.3) is 5.91 Å². The van der Waals surface area contributed by atoms with Crippen molar-refractivity contribution in [3.8, 4) is 0 Å². The molecule has 0 aliphatic rings. The predicted molar refractivity (Wildman–Crippen MR) is 68.8 cm³/mol. The smallest absolute Gasteiger partial charge is 0.265 e. The molecule has 1 aromatic carbocycles. The van der Waals surface area contributed by atoms with E-state index in [0.717, 1.165) is 0 Å². The molecule has 0 bridgehead atoms. The van der Waals surface area contributed by atoms with E-state index >= 15 is 0 Å². The van der Waals surface area contributed by atoms with Gasteiger partial charge in [-0.05, 0) is 32.0 Å². The molecule has 0 radical (unpaired) electrons. The van der Waals surface area contributed by atoms with Gasteiger partial charge in [-0.2, -0.15) is 0 Å². The predicted octanol–water partition coefficient (Wildman–Crippen LogP) is 1.37. The molecule has 0 aliphatic heterocycles. The fraction of sp³-hybridized carbons (Fsp3) is 0.462. The minimum Gasteiger partial charge on any atom is -0.376 e. The minimum atomic E-state index is -0.468. The zero-order chi connectivity index (χ0) is 14.3. The fourth-order valence-corrected chi connectivity index (χ4v) is 1.43. The van der Waals surface area contributed by atoms with Crippen LogP contribution in [0.4, 0.5) is 4.39 Å². The van der Waals surface area contributed by atoms with Crippen molar-refractivity contribution in [2.24, 2.45) is 5.84 Å². The van der Waals surface area contributed by atoms with Crippen molar-refractivity contribution in [2.75, 3.05) is 13.2 Å². The second kappa shape index (κ2) is 7.83. The molecule has 1 aromatic rings. The number of nitrogens with two attached hydrogens (primary N) is 1. The summed E-state index contributed by atoms with van der Waals surface area (Å²) in [6.45, 7) is 4.75. The summed E-state index contributed by atoms with van der Waals surface area (Å²) < 4.78 is 24.1. The number of rotatable bonds is 7. The van der Waals surface area contributed by atoms with Gasteiger partial charge in [0, 0.05) is 11.1 Å². The Bertz CT molecular complexity index is 424. The van der Waals surface area contributed by atoms with Gasteiger partial charge in [-0.1, -0.05) is 0 Å². The molecule has 3 N–H and O–H groups in total. The molecule has 0 saturated carbocycles. The second-order valence-corrected chi connectivity index (χ2v) is 4.25. The van der Waals surface area contributed by atoms with E-state index in [1.807, 2.05) is 19.3 Å². The molecule has 0 fully saturated rings. The van der Waals surface area contributed by atoms with E-state index in [2.05, 4.69) is 0 Å². The Balaban J connectivity index is 2.50. The van der Waals surface area contributed by atoms with Gasteiger partial charge in [0.2, 0.25) is 0 Å². The first-order valence-corrected chi connectivity index (χ1v) is 6.03. The van der Waals surface area contributed by atoms with Crippen LogP contribution in [0.15, 0.2) is 18.2 Å². The van der Waals surface area contributed by atoms with Crippen molar-refractivity contribution in [3.63, 3.8) is 0 Å². The molecule has 0 aliphatic carbocycles. The van der Waals surface area contributed by atoms with E-state index in [-0.39, 0.29) is 12.7 Å². The van der Waals surface area contributed by atoms with Crippen LogP contribution in [0.2, 0.25) is 0 Å². The highest BCUT2D eigenvalue weighted by molar-refractivity contribution is 5.93. The van der Waals surface area contributed by atoms with Crippen molar-refractivity contribution in [2.45, 2.75) is 26.6 Å². The van der Waals surface area contributed by atoms with E-state index in [4.69, 9.17) is 15.3 Å². The first kappa shape index (κ1) is 15.6. The van der Waals surface area contributed by atoms with E-state index in [1.54, 1.807) is 0 Å². The molecule has 0 saturated heterocycles. The molecule has 0 aromatic heterocycles. The van der Waals surface area contributed by atoms with Crippen LogP contribution in [0.5, 0.6) is 0 Å². The molecule has 19 heavy (non-hydrogen) atoms. The van der Waals surface area contributed by atoms with E-state index < -0.39 is 11.7 Å². The summed E-state index contributed by atoms with van der Waals surface area (Å²) >= 11 is 0. The average molecular weight is 270 g/mol. The lowest BCUT2D eigenvalue weighted by molar-refractivity contribution is 0.0136. The third kappa shape index (κ3) is 5.34. The highest BCUT2D eigenvalue weighted by atomic mass is 19.1. The van der Waals surface area contributed by atoms with Crippen LogP contribution in [0, 0.1) is 5.82 Å². The topological polar surface area (TPSA) is 73.6 Å². The van der Waals surface area contributed by atoms with Gasteiger partial charge in [-0.25, -0.2) is 10.2 Å². The molecule has 1 rings (SSSR count). The van der Waals surface area contributed by atoms with E-state index in [0.29, 0.717) is 24.3 Å². The van der Waals surface area contributed by atoms with Crippen LogP contribution in [0.3, 0.4) is 0 Å². The van der Waals surface area contributed by atoms with Gasteiger partial charge in [-0.3, -0.25) is 10.2 Å². The molecule has 1 amide bonds. The normalized spacial score (nSPS) is 10.8. The Hall–Kier alpha value is -1.50. The Morgan fingerprint density at radius 1 is 1.42 bits per heavy atom. The van der Waals surface area contributed by atoms with Crippen molar-refractivity contribution in [3.05, 3.63) is 35.1 Å². The maximum atomic E-state index is 13.5. The van der Waals surface area contributed by atoms with Gasteiger partial charge in [0.05, 0.1) is 25.9 Å². The Kier molecular flexibility index (Phi) is 6.41. The molecule has 0 heterocycles. The third-order valence-corrected chi connectivity index (χ3v) is 2.38. The average Bonchev–Trinajstić information content (AvgIpc) is 2.39. The Morgan fingerprint density at radius 3 is 2.79 bits per heavy atom. The largest absolute Gasteiger partial charge is 0.376 e. The van der Waals surface area contributed by atoms with Crippen molar-refractivity contribution in [1.82, 2.24) is 5.43 Å². The summed E-state index contributed by atoms with van der Waals surface area (Å²) in [5.41, 5.74) is 2.60. The van der Waals surface area contributed by atoms with E-state index in [1.165, 1.54) is 18.2 Å². The zero-order valence-corrected chi connectivity index (χ0v) is 11.1. The number of carbonyl (C=O) groups is 1. The molecular weight excluding hydrogens is 251 g/mol. The minimum absolute atomic E-state index is 0.0823. The lowest BCUT2D eigenvalue weighted by Gasteiger charge is -2.09. The monoisotopic (exact) mass is 270 g/mol. The van der Waals surface area contributed by atoms with Crippen molar-refractivity contribution >= 4 is 5.91 Å². The molecule has 6 heteroatoms. The fourth-order valence-electron chi connectivity index (χ4n) is 1.43. The van der Waals surface area contributed by atoms with Gasteiger partial charge in [-0.15, -0.1) is 0 Å². The standard InChI is InChI=1S/C13H19FN2O3/c1-9(2)19-6-5-18-8-11-7-10(13(17)16-15)3-4-12(11)14/h3-4,7,9H,5-6,8,15H2,1-2H3,(H,16,17). The van der Waals surface area contributed by atoms with Crippen LogP contribution in [0.25, 0.3) is 0 Å². The highest BCUT2D eigenvalue weighted by Gasteiger charge is 2.08. The van der Waals surface area contributed by atoms with Crippen LogP contribution in [0.1, 0.15) is 29.8 Å². The first-order valence-electron chi connectivity index (χ1n) is 6.03. The molecule has 106 valence electrons. The number of nitrogen functional groups attached to an aromatic ring is 1. The quantitative estimate of drug-likeness (QED) is 0.340.